The van der Waals surface area contributed by atoms with Gasteiger partial charge in [-0.25, -0.2) is 0 Å². The Bertz CT molecular complexity index is 419. The van der Waals surface area contributed by atoms with Crippen LogP contribution < -0.4 is 5.32 Å². The third-order valence-electron chi connectivity index (χ3n) is 3.99. The van der Waals surface area contributed by atoms with Crippen LogP contribution in [0.25, 0.3) is 0 Å². The molecule has 0 aromatic carbocycles. The number of nitrogens with one attached hydrogen (secondary N) is 1. The molecule has 1 N–H and O–H groups in total. The van der Waals surface area contributed by atoms with E-state index in [-0.39, 0.29) is 30.2 Å². The minimum Gasteiger partial charge on any atom is -0.329 e. The number of amides is 3. The highest BCUT2D eigenvalue weighted by Crippen LogP contribution is 2.26. The monoisotopic (exact) mass is 251 g/mol. The number of imide groups is 1. The molecule has 1 aliphatic carbocycles. The van der Waals surface area contributed by atoms with Crippen molar-refractivity contribution in [3.63, 3.8) is 0 Å². The number of carbonyl (C=O) groups is 3. The van der Waals surface area contributed by atoms with Crippen molar-refractivity contribution in [2.24, 2.45) is 0 Å². The van der Waals surface area contributed by atoms with Crippen molar-refractivity contribution < 1.29 is 14.4 Å². The van der Waals surface area contributed by atoms with Crippen molar-refractivity contribution in [1.82, 2.24) is 15.1 Å². The number of hydrogen-bond acceptors (Lipinski definition) is 4. The Hall–Kier alpha value is -1.43. The lowest BCUT2D eigenvalue weighted by atomic mass is 10.2. The summed E-state index contributed by atoms with van der Waals surface area (Å²) in [6, 6.07) is -0.255. The topological polar surface area (TPSA) is 69.7 Å². The first-order chi connectivity index (χ1) is 8.58. The molecule has 18 heavy (non-hydrogen) atoms. The zero-order chi connectivity index (χ0) is 12.9. The first-order valence-electron chi connectivity index (χ1n) is 6.45. The zero-order valence-corrected chi connectivity index (χ0v) is 10.4. The van der Waals surface area contributed by atoms with E-state index in [2.05, 4.69) is 5.32 Å². The Balaban J connectivity index is 1.68. The number of likely N-dealkylation sites (tertiary alicyclic amines) is 2. The van der Waals surface area contributed by atoms with Gasteiger partial charge in [0.05, 0.1) is 12.5 Å². The summed E-state index contributed by atoms with van der Waals surface area (Å²) in [6.07, 6.45) is 3.13. The first kappa shape index (κ1) is 11.6. The smallest absolute Gasteiger partial charge is 0.252 e. The van der Waals surface area contributed by atoms with E-state index in [1.54, 1.807) is 4.90 Å². The van der Waals surface area contributed by atoms with Gasteiger partial charge in [-0.05, 0) is 19.3 Å². The number of rotatable bonds is 3. The van der Waals surface area contributed by atoms with Gasteiger partial charge >= 0.3 is 0 Å². The molecule has 2 atom stereocenters. The lowest BCUT2D eigenvalue weighted by molar-refractivity contribution is -0.141. The molecular weight excluding hydrogens is 234 g/mol. The van der Waals surface area contributed by atoms with E-state index in [0.717, 1.165) is 24.2 Å². The minimum absolute atomic E-state index is 0.0247. The summed E-state index contributed by atoms with van der Waals surface area (Å²) in [5.74, 6) is -0.472. The van der Waals surface area contributed by atoms with Gasteiger partial charge in [-0.2, -0.15) is 0 Å². The Morgan fingerprint density at radius 1 is 1.11 bits per heavy atom. The van der Waals surface area contributed by atoms with Gasteiger partial charge in [-0.15, -0.1) is 0 Å². The molecule has 0 bridgehead atoms. The standard InChI is InChI=1S/C12H17N3O3/c1-14-10(16)6-9(12(14)18)15-5-4-8(11(15)17)13-7-2-3-7/h7-9,13H,2-6H2,1H3. The van der Waals surface area contributed by atoms with Gasteiger partial charge in [0.1, 0.15) is 6.04 Å². The summed E-state index contributed by atoms with van der Waals surface area (Å²) in [6.45, 7) is 0.570. The quantitative estimate of drug-likeness (QED) is 0.660. The molecule has 1 saturated carbocycles. The van der Waals surface area contributed by atoms with E-state index in [4.69, 9.17) is 0 Å². The molecule has 0 aromatic rings. The second-order valence-electron chi connectivity index (χ2n) is 5.32. The van der Waals surface area contributed by atoms with Gasteiger partial charge in [-0.1, -0.05) is 0 Å². The summed E-state index contributed by atoms with van der Waals surface area (Å²) in [4.78, 5) is 38.3. The van der Waals surface area contributed by atoms with Gasteiger partial charge in [0.15, 0.2) is 0 Å². The van der Waals surface area contributed by atoms with E-state index in [1.807, 2.05) is 0 Å². The van der Waals surface area contributed by atoms with Crippen molar-refractivity contribution >= 4 is 17.7 Å². The van der Waals surface area contributed by atoms with Gasteiger partial charge in [-0.3, -0.25) is 19.3 Å². The van der Waals surface area contributed by atoms with Crippen LogP contribution >= 0.6 is 0 Å². The summed E-state index contributed by atoms with van der Waals surface area (Å²) in [5.41, 5.74) is 0. The highest BCUT2D eigenvalue weighted by molar-refractivity contribution is 6.07. The summed E-state index contributed by atoms with van der Waals surface area (Å²) in [5, 5.41) is 3.29. The molecule has 2 aliphatic heterocycles. The SMILES string of the molecule is CN1C(=O)CC(N2CCC(NC3CC3)C2=O)C1=O. The van der Waals surface area contributed by atoms with Crippen LogP contribution in [0.5, 0.6) is 0 Å². The van der Waals surface area contributed by atoms with Crippen LogP contribution in [0.4, 0.5) is 0 Å². The highest BCUT2D eigenvalue weighted by atomic mass is 16.2. The summed E-state index contributed by atoms with van der Waals surface area (Å²) < 4.78 is 0. The fourth-order valence-corrected chi connectivity index (χ4v) is 2.68. The van der Waals surface area contributed by atoms with E-state index in [9.17, 15) is 14.4 Å². The number of hydrogen-bond donors (Lipinski definition) is 1. The van der Waals surface area contributed by atoms with Gasteiger partial charge in [0.2, 0.25) is 11.8 Å². The van der Waals surface area contributed by atoms with Crippen LogP contribution in [-0.2, 0) is 14.4 Å². The Morgan fingerprint density at radius 3 is 2.39 bits per heavy atom. The normalized spacial score (nSPS) is 32.8. The minimum atomic E-state index is -0.569. The second-order valence-corrected chi connectivity index (χ2v) is 5.32. The predicted octanol–water partition coefficient (Wildman–Crippen LogP) is -0.903. The van der Waals surface area contributed by atoms with Crippen molar-refractivity contribution in [2.45, 2.75) is 43.8 Å². The first-order valence-corrected chi connectivity index (χ1v) is 6.45. The average Bonchev–Trinajstić information content (AvgIpc) is 3.05. The molecule has 6 nitrogen and oxygen atoms in total. The third kappa shape index (κ3) is 1.80. The molecule has 0 spiro atoms. The molecule has 98 valence electrons. The van der Waals surface area contributed by atoms with E-state index in [0.29, 0.717) is 12.6 Å². The van der Waals surface area contributed by atoms with Gasteiger partial charge < -0.3 is 10.2 Å². The van der Waals surface area contributed by atoms with Crippen molar-refractivity contribution in [1.29, 1.82) is 0 Å². The summed E-state index contributed by atoms with van der Waals surface area (Å²) >= 11 is 0. The van der Waals surface area contributed by atoms with Crippen LogP contribution in [-0.4, -0.2) is 59.2 Å². The fourth-order valence-electron chi connectivity index (χ4n) is 2.68. The van der Waals surface area contributed by atoms with Gasteiger partial charge in [0, 0.05) is 19.6 Å². The molecule has 0 radical (unpaired) electrons. The highest BCUT2D eigenvalue weighted by Gasteiger charge is 2.46. The van der Waals surface area contributed by atoms with Crippen LogP contribution in [0.3, 0.4) is 0 Å². The third-order valence-corrected chi connectivity index (χ3v) is 3.99. The largest absolute Gasteiger partial charge is 0.329 e. The van der Waals surface area contributed by atoms with Crippen LogP contribution in [0.15, 0.2) is 0 Å². The van der Waals surface area contributed by atoms with E-state index >= 15 is 0 Å². The molecule has 2 heterocycles. The van der Waals surface area contributed by atoms with E-state index in [1.165, 1.54) is 7.05 Å². The molecule has 2 saturated heterocycles. The van der Waals surface area contributed by atoms with Gasteiger partial charge in [0.25, 0.3) is 5.91 Å². The molecule has 3 aliphatic rings. The maximum Gasteiger partial charge on any atom is 0.252 e. The van der Waals surface area contributed by atoms with Crippen molar-refractivity contribution in [3.05, 3.63) is 0 Å². The van der Waals surface area contributed by atoms with Crippen molar-refractivity contribution in [3.8, 4) is 0 Å². The molecule has 3 fully saturated rings. The maximum absolute atomic E-state index is 12.2. The Morgan fingerprint density at radius 2 is 1.83 bits per heavy atom. The maximum atomic E-state index is 12.2. The molecule has 3 amide bonds. The van der Waals surface area contributed by atoms with Crippen molar-refractivity contribution in [2.75, 3.05) is 13.6 Å². The second kappa shape index (κ2) is 4.05. The lowest BCUT2D eigenvalue weighted by Crippen LogP contribution is -2.46. The zero-order valence-electron chi connectivity index (χ0n) is 10.4. The summed E-state index contributed by atoms with van der Waals surface area (Å²) in [7, 11) is 1.48. The Kier molecular flexibility index (Phi) is 2.62. The fraction of sp³-hybridized carbons (Fsp3) is 0.750. The molecule has 2 unspecified atom stereocenters. The van der Waals surface area contributed by atoms with Crippen LogP contribution in [0.2, 0.25) is 0 Å². The number of likely N-dealkylation sites (N-methyl/N-ethyl adjacent to an activating group) is 1. The average molecular weight is 251 g/mol. The molecule has 0 aromatic heterocycles. The number of carbonyl (C=O) groups excluding carboxylic acids is 3. The predicted molar refractivity (Wildman–Crippen MR) is 62.5 cm³/mol. The van der Waals surface area contributed by atoms with E-state index < -0.39 is 6.04 Å². The Labute approximate surface area is 105 Å². The lowest BCUT2D eigenvalue weighted by Gasteiger charge is -2.22. The molecular formula is C12H17N3O3. The number of nitrogens with zero attached hydrogens (tertiary/aromatic N) is 2. The van der Waals surface area contributed by atoms with Crippen LogP contribution in [0, 0.1) is 0 Å². The molecule has 6 heteroatoms. The van der Waals surface area contributed by atoms with Crippen LogP contribution in [0.1, 0.15) is 25.7 Å². The molecule has 3 rings (SSSR count).